The fourth-order valence-corrected chi connectivity index (χ4v) is 3.10. The van der Waals surface area contributed by atoms with Crippen molar-refractivity contribution in [3.05, 3.63) is 59.9 Å². The molecule has 0 fully saturated rings. The fourth-order valence-electron chi connectivity index (χ4n) is 1.92. The molecule has 0 saturated carbocycles. The number of hydrogen-bond acceptors (Lipinski definition) is 4. The molecular formula is C16H19N3O3S. The van der Waals surface area contributed by atoms with Crippen molar-refractivity contribution in [1.29, 1.82) is 0 Å². The zero-order valence-corrected chi connectivity index (χ0v) is 13.9. The largest absolute Gasteiger partial charge is 0.349 e. The Bertz CT molecular complexity index is 759. The number of carbonyl (C=O) groups excluding carboxylic acids is 1. The van der Waals surface area contributed by atoms with Crippen molar-refractivity contribution in [3.63, 3.8) is 0 Å². The first-order valence-corrected chi connectivity index (χ1v) is 8.57. The first-order chi connectivity index (χ1) is 10.9. The monoisotopic (exact) mass is 333 g/mol. The summed E-state index contributed by atoms with van der Waals surface area (Å²) in [6.07, 6.45) is 1.53. The van der Waals surface area contributed by atoms with Crippen LogP contribution in [0.4, 0.5) is 0 Å². The highest BCUT2D eigenvalue weighted by molar-refractivity contribution is 7.89. The molecule has 0 spiro atoms. The highest BCUT2D eigenvalue weighted by Crippen LogP contribution is 2.14. The molecular weight excluding hydrogens is 314 g/mol. The van der Waals surface area contributed by atoms with E-state index in [9.17, 15) is 13.2 Å². The summed E-state index contributed by atoms with van der Waals surface area (Å²) in [6.45, 7) is 2.28. The minimum atomic E-state index is -3.55. The second-order valence-corrected chi connectivity index (χ2v) is 7.16. The van der Waals surface area contributed by atoms with Gasteiger partial charge in [-0.3, -0.25) is 9.78 Å². The predicted octanol–water partition coefficient (Wildman–Crippen LogP) is 1.44. The number of amides is 1. The van der Waals surface area contributed by atoms with Gasteiger partial charge in [-0.15, -0.1) is 0 Å². The first kappa shape index (κ1) is 17.1. The number of aryl methyl sites for hydroxylation is 1. The second kappa shape index (κ2) is 7.34. The van der Waals surface area contributed by atoms with E-state index in [0.29, 0.717) is 5.69 Å². The smallest absolute Gasteiger partial charge is 0.269 e. The topological polar surface area (TPSA) is 79.4 Å². The van der Waals surface area contributed by atoms with Crippen LogP contribution in [-0.2, 0) is 10.0 Å². The van der Waals surface area contributed by atoms with Crippen LogP contribution in [0.15, 0.2) is 53.6 Å². The summed E-state index contributed by atoms with van der Waals surface area (Å²) in [5, 5.41) is 2.65. The zero-order chi connectivity index (χ0) is 16.9. The minimum absolute atomic E-state index is 0.175. The summed E-state index contributed by atoms with van der Waals surface area (Å²) >= 11 is 0. The molecule has 1 aromatic heterocycles. The van der Waals surface area contributed by atoms with Gasteiger partial charge < -0.3 is 5.32 Å². The summed E-state index contributed by atoms with van der Waals surface area (Å²) in [5.74, 6) is -0.327. The third-order valence-electron chi connectivity index (χ3n) is 3.34. The van der Waals surface area contributed by atoms with E-state index in [1.165, 1.54) is 17.5 Å². The molecule has 0 aliphatic heterocycles. The molecule has 0 unspecified atom stereocenters. The average Bonchev–Trinajstić information content (AvgIpc) is 2.55. The molecule has 0 bridgehead atoms. The zero-order valence-electron chi connectivity index (χ0n) is 13.1. The molecule has 23 heavy (non-hydrogen) atoms. The van der Waals surface area contributed by atoms with Gasteiger partial charge in [-0.2, -0.15) is 4.31 Å². The van der Waals surface area contributed by atoms with Crippen LogP contribution in [0.5, 0.6) is 0 Å². The van der Waals surface area contributed by atoms with E-state index in [1.54, 1.807) is 42.5 Å². The van der Waals surface area contributed by atoms with Crippen molar-refractivity contribution in [3.8, 4) is 0 Å². The fraction of sp³-hybridized carbons (Fsp3) is 0.250. The molecule has 0 saturated heterocycles. The van der Waals surface area contributed by atoms with Crippen LogP contribution in [0.2, 0.25) is 0 Å². The summed E-state index contributed by atoms with van der Waals surface area (Å²) in [7, 11) is -2.06. The first-order valence-electron chi connectivity index (χ1n) is 7.13. The van der Waals surface area contributed by atoms with E-state index in [2.05, 4.69) is 10.3 Å². The van der Waals surface area contributed by atoms with Gasteiger partial charge in [-0.1, -0.05) is 23.8 Å². The molecule has 7 heteroatoms. The highest BCUT2D eigenvalue weighted by atomic mass is 32.2. The molecule has 2 rings (SSSR count). The lowest BCUT2D eigenvalue weighted by atomic mass is 10.2. The standard InChI is InChI=1S/C16H19N3O3S/c1-13-6-8-14(9-7-13)23(21,22)19(2)12-11-18-16(20)15-5-3-4-10-17-15/h3-10H,11-12H2,1-2H3,(H,18,20). The quantitative estimate of drug-likeness (QED) is 0.867. The van der Waals surface area contributed by atoms with Crippen LogP contribution in [0.1, 0.15) is 16.1 Å². The molecule has 1 heterocycles. The van der Waals surface area contributed by atoms with Crippen LogP contribution in [0.25, 0.3) is 0 Å². The van der Waals surface area contributed by atoms with Crippen molar-refractivity contribution in [2.75, 3.05) is 20.1 Å². The maximum absolute atomic E-state index is 12.4. The van der Waals surface area contributed by atoms with E-state index in [0.717, 1.165) is 5.56 Å². The van der Waals surface area contributed by atoms with Crippen LogP contribution < -0.4 is 5.32 Å². The summed E-state index contributed by atoms with van der Waals surface area (Å²) in [5.41, 5.74) is 1.30. The molecule has 0 radical (unpaired) electrons. The summed E-state index contributed by atoms with van der Waals surface area (Å²) < 4.78 is 26.0. The number of nitrogens with one attached hydrogen (secondary N) is 1. The summed E-state index contributed by atoms with van der Waals surface area (Å²) in [6, 6.07) is 11.7. The van der Waals surface area contributed by atoms with E-state index in [-0.39, 0.29) is 23.9 Å². The Balaban J connectivity index is 1.93. The highest BCUT2D eigenvalue weighted by Gasteiger charge is 2.20. The van der Waals surface area contributed by atoms with Crippen molar-refractivity contribution in [2.45, 2.75) is 11.8 Å². The number of likely N-dealkylation sites (N-methyl/N-ethyl adjacent to an activating group) is 1. The van der Waals surface area contributed by atoms with Gasteiger partial charge in [0, 0.05) is 26.3 Å². The van der Waals surface area contributed by atoms with Crippen molar-refractivity contribution in [1.82, 2.24) is 14.6 Å². The number of rotatable bonds is 6. The number of nitrogens with zero attached hydrogens (tertiary/aromatic N) is 2. The lowest BCUT2D eigenvalue weighted by molar-refractivity contribution is 0.0947. The van der Waals surface area contributed by atoms with Crippen molar-refractivity contribution < 1.29 is 13.2 Å². The van der Waals surface area contributed by atoms with Crippen molar-refractivity contribution in [2.24, 2.45) is 0 Å². The van der Waals surface area contributed by atoms with Gasteiger partial charge in [0.05, 0.1) is 4.90 Å². The molecule has 1 amide bonds. The Morgan fingerprint density at radius 2 is 1.87 bits per heavy atom. The molecule has 0 atom stereocenters. The molecule has 0 aliphatic carbocycles. The van der Waals surface area contributed by atoms with Gasteiger partial charge in [-0.25, -0.2) is 8.42 Å². The Morgan fingerprint density at radius 1 is 1.17 bits per heavy atom. The molecule has 0 aliphatic rings. The third-order valence-corrected chi connectivity index (χ3v) is 5.21. The lowest BCUT2D eigenvalue weighted by Crippen LogP contribution is -2.36. The van der Waals surface area contributed by atoms with Gasteiger partial charge in [0.1, 0.15) is 5.69 Å². The number of carbonyl (C=O) groups is 1. The SMILES string of the molecule is Cc1ccc(S(=O)(=O)N(C)CCNC(=O)c2ccccn2)cc1. The van der Waals surface area contributed by atoms with E-state index >= 15 is 0 Å². The number of aromatic nitrogens is 1. The third kappa shape index (κ3) is 4.37. The summed E-state index contributed by atoms with van der Waals surface area (Å²) in [4.78, 5) is 16.0. The van der Waals surface area contributed by atoms with Crippen molar-refractivity contribution >= 4 is 15.9 Å². The molecule has 122 valence electrons. The van der Waals surface area contributed by atoms with Gasteiger partial charge >= 0.3 is 0 Å². The van der Waals surface area contributed by atoms with Crippen LogP contribution in [0.3, 0.4) is 0 Å². The Kier molecular flexibility index (Phi) is 5.46. The van der Waals surface area contributed by atoms with E-state index in [4.69, 9.17) is 0 Å². The Labute approximate surface area is 136 Å². The van der Waals surface area contributed by atoms with Gasteiger partial charge in [0.15, 0.2) is 0 Å². The predicted molar refractivity (Wildman–Crippen MR) is 87.6 cm³/mol. The Morgan fingerprint density at radius 3 is 2.48 bits per heavy atom. The van der Waals surface area contributed by atoms with Crippen LogP contribution in [0, 0.1) is 6.92 Å². The normalized spacial score (nSPS) is 11.4. The Hall–Kier alpha value is -2.25. The van der Waals surface area contributed by atoms with Gasteiger partial charge in [0.25, 0.3) is 5.91 Å². The number of sulfonamides is 1. The number of pyridine rings is 1. The minimum Gasteiger partial charge on any atom is -0.349 e. The maximum atomic E-state index is 12.4. The second-order valence-electron chi connectivity index (χ2n) is 5.11. The number of hydrogen-bond donors (Lipinski definition) is 1. The molecule has 2 aromatic rings. The van der Waals surface area contributed by atoms with E-state index in [1.807, 2.05) is 6.92 Å². The van der Waals surface area contributed by atoms with Crippen LogP contribution in [-0.4, -0.2) is 43.8 Å². The molecule has 1 aromatic carbocycles. The molecule has 6 nitrogen and oxygen atoms in total. The average molecular weight is 333 g/mol. The van der Waals surface area contributed by atoms with Gasteiger partial charge in [-0.05, 0) is 31.2 Å². The van der Waals surface area contributed by atoms with Gasteiger partial charge in [0.2, 0.25) is 10.0 Å². The molecule has 1 N–H and O–H groups in total. The number of benzene rings is 1. The lowest BCUT2D eigenvalue weighted by Gasteiger charge is -2.17. The maximum Gasteiger partial charge on any atom is 0.269 e. The van der Waals surface area contributed by atoms with E-state index < -0.39 is 10.0 Å². The van der Waals surface area contributed by atoms with Crippen LogP contribution >= 0.6 is 0 Å².